The summed E-state index contributed by atoms with van der Waals surface area (Å²) < 4.78 is 47.5. The molecule has 0 aliphatic rings. The third-order valence-corrected chi connectivity index (χ3v) is 5.20. The lowest BCUT2D eigenvalue weighted by Crippen LogP contribution is -2.17. The number of nitrogens with zero attached hydrogens (tertiary/aromatic N) is 2. The lowest BCUT2D eigenvalue weighted by atomic mass is 9.93. The van der Waals surface area contributed by atoms with Gasteiger partial charge in [-0.3, -0.25) is 4.98 Å². The maximum Gasteiger partial charge on any atom is 0.573 e. The first-order chi connectivity index (χ1) is 16.2. The molecule has 4 aromatic rings. The third kappa shape index (κ3) is 5.43. The molecule has 174 valence electrons. The van der Waals surface area contributed by atoms with Crippen molar-refractivity contribution in [1.29, 1.82) is 0 Å². The zero-order valence-electron chi connectivity index (χ0n) is 17.9. The number of alkyl halides is 3. The molecule has 0 aliphatic heterocycles. The highest BCUT2D eigenvalue weighted by atomic mass is 19.4. The summed E-state index contributed by atoms with van der Waals surface area (Å²) in [5, 5.41) is 10.5. The monoisotopic (exact) mass is 468 g/mol. The van der Waals surface area contributed by atoms with E-state index in [0.717, 1.165) is 17.0 Å². The van der Waals surface area contributed by atoms with Gasteiger partial charge in [-0.15, -0.1) is 13.2 Å². The molecule has 0 saturated heterocycles. The van der Waals surface area contributed by atoms with Crippen LogP contribution in [0.15, 0.2) is 73.1 Å². The Kier molecular flexibility index (Phi) is 6.36. The lowest BCUT2D eigenvalue weighted by Gasteiger charge is -2.15. The van der Waals surface area contributed by atoms with Gasteiger partial charge in [-0.25, -0.2) is 9.78 Å². The number of aromatic nitrogens is 2. The molecule has 9 heteroatoms. The van der Waals surface area contributed by atoms with Crippen LogP contribution < -0.4 is 9.47 Å². The summed E-state index contributed by atoms with van der Waals surface area (Å²) in [7, 11) is 0. The molecule has 2 aromatic carbocycles. The van der Waals surface area contributed by atoms with E-state index >= 15 is 0 Å². The van der Waals surface area contributed by atoms with E-state index in [1.165, 1.54) is 18.2 Å². The number of aromatic carboxylic acids is 1. The second kappa shape index (κ2) is 9.38. The number of carboxylic acids is 1. The molecule has 6 nitrogen and oxygen atoms in total. The van der Waals surface area contributed by atoms with Gasteiger partial charge in [0.05, 0.1) is 16.6 Å². The van der Waals surface area contributed by atoms with Crippen LogP contribution in [0.4, 0.5) is 13.2 Å². The van der Waals surface area contributed by atoms with Crippen molar-refractivity contribution in [2.75, 3.05) is 0 Å². The number of pyridine rings is 2. The summed E-state index contributed by atoms with van der Waals surface area (Å²) in [4.78, 5) is 19.9. The summed E-state index contributed by atoms with van der Waals surface area (Å²) >= 11 is 0. The number of hydrogen-bond donors (Lipinski definition) is 1. The zero-order chi connectivity index (χ0) is 24.3. The Morgan fingerprint density at radius 3 is 2.35 bits per heavy atom. The Morgan fingerprint density at radius 2 is 1.68 bits per heavy atom. The van der Waals surface area contributed by atoms with Gasteiger partial charge in [0.1, 0.15) is 11.5 Å². The highest BCUT2D eigenvalue weighted by Crippen LogP contribution is 2.34. The molecule has 0 unspecified atom stereocenters. The molecule has 1 atom stereocenters. The average Bonchev–Trinajstić information content (AvgIpc) is 2.78. The van der Waals surface area contributed by atoms with Crippen molar-refractivity contribution in [1.82, 2.24) is 9.97 Å². The van der Waals surface area contributed by atoms with Gasteiger partial charge in [0.25, 0.3) is 0 Å². The highest BCUT2D eigenvalue weighted by molar-refractivity contribution is 5.89. The van der Waals surface area contributed by atoms with E-state index in [9.17, 15) is 18.0 Å². The predicted octanol–water partition coefficient (Wildman–Crippen LogP) is 6.37. The van der Waals surface area contributed by atoms with E-state index in [2.05, 4.69) is 14.7 Å². The van der Waals surface area contributed by atoms with Crippen molar-refractivity contribution in [3.8, 4) is 17.4 Å². The Balaban J connectivity index is 1.64. The van der Waals surface area contributed by atoms with Crippen molar-refractivity contribution < 1.29 is 32.5 Å². The Hall–Kier alpha value is -4.14. The first kappa shape index (κ1) is 23.0. The van der Waals surface area contributed by atoms with Crippen LogP contribution >= 0.6 is 0 Å². The molecule has 2 heterocycles. The van der Waals surface area contributed by atoms with Crippen LogP contribution in [0.2, 0.25) is 0 Å². The first-order valence-electron chi connectivity index (χ1n) is 10.3. The molecule has 0 radical (unpaired) electrons. The van der Waals surface area contributed by atoms with Gasteiger partial charge in [0.15, 0.2) is 0 Å². The fraction of sp³-hybridized carbons (Fsp3) is 0.160. The Bertz CT molecular complexity index is 1320. The number of fused-ring (bicyclic) bond motifs is 1. The fourth-order valence-corrected chi connectivity index (χ4v) is 3.60. The molecule has 34 heavy (non-hydrogen) atoms. The van der Waals surface area contributed by atoms with Crippen LogP contribution in [0.5, 0.6) is 17.4 Å². The minimum Gasteiger partial charge on any atom is -0.478 e. The first-order valence-corrected chi connectivity index (χ1v) is 10.3. The topological polar surface area (TPSA) is 81.5 Å². The number of rotatable bonds is 7. The van der Waals surface area contributed by atoms with Gasteiger partial charge in [0.2, 0.25) is 5.88 Å². The molecule has 0 bridgehead atoms. The molecule has 0 saturated carbocycles. The maximum absolute atomic E-state index is 12.6. The predicted molar refractivity (Wildman–Crippen MR) is 118 cm³/mol. The molecular weight excluding hydrogens is 449 g/mol. The van der Waals surface area contributed by atoms with E-state index in [1.54, 1.807) is 48.8 Å². The Labute approximate surface area is 192 Å². The van der Waals surface area contributed by atoms with Crippen LogP contribution in [-0.2, 0) is 6.42 Å². The second-order valence-electron chi connectivity index (χ2n) is 7.63. The molecule has 0 amide bonds. The minimum absolute atomic E-state index is 0.00230. The SMILES string of the molecule is C[C@H](Cc1nccc2ccnc(Oc3cccc(OC(F)(F)F)c3)c12)c1ccc(C(=O)O)cc1. The standard InChI is InChI=1S/C25H19F3N2O4/c1-15(16-5-7-18(8-6-16)24(31)32)13-21-22-17(9-11-29-21)10-12-30-23(22)33-19-3-2-4-20(14-19)34-25(26,27)28/h2-12,14-15H,13H2,1H3,(H,31,32)/t15-/m1/s1. The summed E-state index contributed by atoms with van der Waals surface area (Å²) in [5.74, 6) is -1.06. The number of benzene rings is 2. The lowest BCUT2D eigenvalue weighted by molar-refractivity contribution is -0.274. The second-order valence-corrected chi connectivity index (χ2v) is 7.63. The summed E-state index contributed by atoms with van der Waals surface area (Å²) in [6, 6.07) is 15.4. The van der Waals surface area contributed by atoms with Crippen molar-refractivity contribution in [2.45, 2.75) is 25.6 Å². The van der Waals surface area contributed by atoms with Crippen LogP contribution in [-0.4, -0.2) is 27.4 Å². The third-order valence-electron chi connectivity index (χ3n) is 5.20. The minimum atomic E-state index is -4.81. The van der Waals surface area contributed by atoms with Gasteiger partial charge >= 0.3 is 12.3 Å². The summed E-state index contributed by atoms with van der Waals surface area (Å²) in [6.07, 6.45) is -1.10. The van der Waals surface area contributed by atoms with Gasteiger partial charge in [-0.1, -0.05) is 25.1 Å². The molecule has 0 spiro atoms. The van der Waals surface area contributed by atoms with Gasteiger partial charge < -0.3 is 14.6 Å². The van der Waals surface area contributed by atoms with E-state index in [4.69, 9.17) is 9.84 Å². The molecule has 0 fully saturated rings. The summed E-state index contributed by atoms with van der Waals surface area (Å²) in [5.41, 5.74) is 1.83. The van der Waals surface area contributed by atoms with Crippen molar-refractivity contribution in [2.24, 2.45) is 0 Å². The highest BCUT2D eigenvalue weighted by Gasteiger charge is 2.31. The van der Waals surface area contributed by atoms with E-state index in [-0.39, 0.29) is 23.1 Å². The van der Waals surface area contributed by atoms with Crippen LogP contribution in [0.1, 0.15) is 34.5 Å². The number of carboxylic acid groups (broad SMARTS) is 1. The molecule has 0 aliphatic carbocycles. The normalized spacial score (nSPS) is 12.4. The number of ether oxygens (including phenoxy) is 2. The van der Waals surface area contributed by atoms with Gasteiger partial charge in [-0.05, 0) is 59.7 Å². The molecular formula is C25H19F3N2O4. The van der Waals surface area contributed by atoms with Crippen molar-refractivity contribution in [3.05, 3.63) is 89.9 Å². The van der Waals surface area contributed by atoms with E-state index in [0.29, 0.717) is 17.5 Å². The molecule has 2 aromatic heterocycles. The smallest absolute Gasteiger partial charge is 0.478 e. The average molecular weight is 468 g/mol. The summed E-state index contributed by atoms with van der Waals surface area (Å²) in [6.45, 7) is 1.99. The largest absolute Gasteiger partial charge is 0.573 e. The molecule has 4 rings (SSSR count). The van der Waals surface area contributed by atoms with Gasteiger partial charge in [0, 0.05) is 18.5 Å². The number of hydrogen-bond acceptors (Lipinski definition) is 5. The molecule has 1 N–H and O–H groups in total. The van der Waals surface area contributed by atoms with Crippen molar-refractivity contribution in [3.63, 3.8) is 0 Å². The fourth-order valence-electron chi connectivity index (χ4n) is 3.60. The van der Waals surface area contributed by atoms with E-state index < -0.39 is 18.1 Å². The zero-order valence-corrected chi connectivity index (χ0v) is 17.9. The number of halogens is 3. The van der Waals surface area contributed by atoms with Crippen LogP contribution in [0, 0.1) is 0 Å². The van der Waals surface area contributed by atoms with Crippen molar-refractivity contribution >= 4 is 16.7 Å². The van der Waals surface area contributed by atoms with Crippen LogP contribution in [0.25, 0.3) is 10.8 Å². The van der Waals surface area contributed by atoms with E-state index in [1.807, 2.05) is 6.92 Å². The number of carbonyl (C=O) groups is 1. The van der Waals surface area contributed by atoms with Crippen LogP contribution in [0.3, 0.4) is 0 Å². The Morgan fingerprint density at radius 1 is 1.00 bits per heavy atom. The quantitative estimate of drug-likeness (QED) is 0.340. The van der Waals surface area contributed by atoms with Gasteiger partial charge in [-0.2, -0.15) is 0 Å². The maximum atomic E-state index is 12.6.